The first-order valence-corrected chi connectivity index (χ1v) is 8.27. The van der Waals surface area contributed by atoms with E-state index in [0.29, 0.717) is 12.6 Å². The fourth-order valence-electron chi connectivity index (χ4n) is 2.89. The van der Waals surface area contributed by atoms with Crippen LogP contribution in [0, 0.1) is 0 Å². The Morgan fingerprint density at radius 3 is 2.65 bits per heavy atom. The summed E-state index contributed by atoms with van der Waals surface area (Å²) in [6.45, 7) is 4.66. The average molecular weight is 341 g/mol. The third kappa shape index (κ3) is 4.55. The Morgan fingerprint density at radius 2 is 2.00 bits per heavy atom. The van der Waals surface area contributed by atoms with Crippen LogP contribution in [-0.2, 0) is 6.54 Å². The van der Waals surface area contributed by atoms with Crippen molar-refractivity contribution in [1.29, 1.82) is 0 Å². The summed E-state index contributed by atoms with van der Waals surface area (Å²) in [5, 5.41) is 8.91. The molecule has 1 fully saturated rings. The third-order valence-corrected chi connectivity index (χ3v) is 4.97. The van der Waals surface area contributed by atoms with Crippen molar-refractivity contribution in [3.63, 3.8) is 0 Å². The molecule has 1 N–H and O–H groups in total. The van der Waals surface area contributed by atoms with Gasteiger partial charge in [-0.3, -0.25) is 4.90 Å². The Hall–Kier alpha value is -0.420. The van der Waals surface area contributed by atoms with Crippen LogP contribution in [0.15, 0.2) is 28.7 Å². The molecule has 1 aromatic rings. The molecule has 4 heteroatoms. The molecule has 0 amide bonds. The summed E-state index contributed by atoms with van der Waals surface area (Å²) in [6, 6.07) is 9.16. The van der Waals surface area contributed by atoms with Crippen molar-refractivity contribution in [2.45, 2.75) is 31.8 Å². The topological polar surface area (TPSA) is 26.7 Å². The van der Waals surface area contributed by atoms with Gasteiger partial charge in [0.15, 0.2) is 0 Å². The molecule has 2 rings (SSSR count). The molecule has 20 heavy (non-hydrogen) atoms. The number of nitrogens with zero attached hydrogens (tertiary/aromatic N) is 2. The predicted molar refractivity (Wildman–Crippen MR) is 86.8 cm³/mol. The molecular formula is C16H25BrN2O. The highest BCUT2D eigenvalue weighted by Crippen LogP contribution is 2.21. The zero-order chi connectivity index (χ0) is 14.4. The zero-order valence-corrected chi connectivity index (χ0v) is 13.8. The lowest BCUT2D eigenvalue weighted by atomic mass is 10.0. The lowest BCUT2D eigenvalue weighted by Crippen LogP contribution is -2.43. The van der Waals surface area contributed by atoms with Crippen molar-refractivity contribution in [2.24, 2.45) is 0 Å². The minimum absolute atomic E-state index is 0.297. The van der Waals surface area contributed by atoms with Gasteiger partial charge in [-0.15, -0.1) is 0 Å². The predicted octanol–water partition coefficient (Wildman–Crippen LogP) is 2.73. The summed E-state index contributed by atoms with van der Waals surface area (Å²) >= 11 is 3.63. The van der Waals surface area contributed by atoms with Gasteiger partial charge in [0.05, 0.1) is 0 Å². The Labute approximate surface area is 130 Å². The maximum atomic E-state index is 8.91. The lowest BCUT2D eigenvalue weighted by Gasteiger charge is -2.36. The first-order valence-electron chi connectivity index (χ1n) is 7.47. The maximum Gasteiger partial charge on any atom is 0.0443 e. The minimum Gasteiger partial charge on any atom is -0.396 e. The number of likely N-dealkylation sites (tertiary alicyclic amines) is 1. The molecule has 0 atom stereocenters. The minimum atomic E-state index is 0.297. The van der Waals surface area contributed by atoms with Crippen LogP contribution in [0.5, 0.6) is 0 Å². The van der Waals surface area contributed by atoms with Crippen molar-refractivity contribution >= 4 is 15.9 Å². The third-order valence-electron chi connectivity index (χ3n) is 4.20. The Bertz CT molecular complexity index is 405. The molecule has 1 heterocycles. The molecule has 0 bridgehead atoms. The second-order valence-corrected chi connectivity index (χ2v) is 6.51. The smallest absolute Gasteiger partial charge is 0.0443 e. The summed E-state index contributed by atoms with van der Waals surface area (Å²) in [7, 11) is 2.18. The molecule has 0 aliphatic carbocycles. The van der Waals surface area contributed by atoms with Gasteiger partial charge in [0.25, 0.3) is 0 Å². The van der Waals surface area contributed by atoms with Crippen LogP contribution < -0.4 is 0 Å². The van der Waals surface area contributed by atoms with Crippen molar-refractivity contribution < 1.29 is 5.11 Å². The molecule has 1 aliphatic rings. The van der Waals surface area contributed by atoms with Crippen LogP contribution >= 0.6 is 15.9 Å². The molecule has 0 aromatic heterocycles. The Morgan fingerprint density at radius 1 is 1.30 bits per heavy atom. The summed E-state index contributed by atoms with van der Waals surface area (Å²) in [5.74, 6) is 0. The quantitative estimate of drug-likeness (QED) is 0.862. The molecule has 0 spiro atoms. The van der Waals surface area contributed by atoms with Crippen LogP contribution in [-0.4, -0.2) is 54.2 Å². The van der Waals surface area contributed by atoms with E-state index in [1.165, 1.54) is 22.9 Å². The second kappa shape index (κ2) is 8.13. The number of benzene rings is 1. The molecule has 1 aromatic carbocycles. The summed E-state index contributed by atoms with van der Waals surface area (Å²) < 4.78 is 1.21. The van der Waals surface area contributed by atoms with Crippen molar-refractivity contribution in [3.8, 4) is 0 Å². The van der Waals surface area contributed by atoms with Gasteiger partial charge >= 0.3 is 0 Å². The van der Waals surface area contributed by atoms with Gasteiger partial charge < -0.3 is 10.0 Å². The molecule has 0 unspecified atom stereocenters. The van der Waals surface area contributed by atoms with E-state index in [4.69, 9.17) is 5.11 Å². The molecule has 1 saturated heterocycles. The van der Waals surface area contributed by atoms with Crippen LogP contribution in [0.25, 0.3) is 0 Å². The lowest BCUT2D eigenvalue weighted by molar-refractivity contribution is 0.117. The highest BCUT2D eigenvalue weighted by atomic mass is 79.9. The normalized spacial score (nSPS) is 17.8. The largest absolute Gasteiger partial charge is 0.396 e. The van der Waals surface area contributed by atoms with E-state index >= 15 is 0 Å². The maximum absolute atomic E-state index is 8.91. The van der Waals surface area contributed by atoms with Crippen molar-refractivity contribution in [2.75, 3.05) is 33.3 Å². The highest BCUT2D eigenvalue weighted by Gasteiger charge is 2.22. The Kier molecular flexibility index (Phi) is 6.49. The van der Waals surface area contributed by atoms with Gasteiger partial charge in [0.1, 0.15) is 0 Å². The highest BCUT2D eigenvalue weighted by molar-refractivity contribution is 9.10. The van der Waals surface area contributed by atoms with E-state index in [9.17, 15) is 0 Å². The molecular weight excluding hydrogens is 316 g/mol. The SMILES string of the molecule is CN(CCCO)C1CCN(Cc2ccccc2Br)CC1. The first-order chi connectivity index (χ1) is 9.70. The molecule has 112 valence electrons. The van der Waals surface area contributed by atoms with E-state index in [1.54, 1.807) is 0 Å². The van der Waals surface area contributed by atoms with Crippen LogP contribution in [0.3, 0.4) is 0 Å². The van der Waals surface area contributed by atoms with E-state index in [-0.39, 0.29) is 0 Å². The fourth-order valence-corrected chi connectivity index (χ4v) is 3.30. The zero-order valence-electron chi connectivity index (χ0n) is 12.3. The number of aliphatic hydroxyl groups is 1. The molecule has 0 saturated carbocycles. The molecule has 0 radical (unpaired) electrons. The summed E-state index contributed by atoms with van der Waals surface area (Å²) in [4.78, 5) is 4.95. The molecule has 3 nitrogen and oxygen atoms in total. The monoisotopic (exact) mass is 340 g/mol. The summed E-state index contributed by atoms with van der Waals surface area (Å²) in [5.41, 5.74) is 1.37. The summed E-state index contributed by atoms with van der Waals surface area (Å²) in [6.07, 6.45) is 3.34. The second-order valence-electron chi connectivity index (χ2n) is 5.66. The van der Waals surface area contributed by atoms with Gasteiger partial charge in [-0.1, -0.05) is 34.1 Å². The van der Waals surface area contributed by atoms with Crippen molar-refractivity contribution in [3.05, 3.63) is 34.3 Å². The van der Waals surface area contributed by atoms with Gasteiger partial charge in [-0.2, -0.15) is 0 Å². The van der Waals surface area contributed by atoms with E-state index in [0.717, 1.165) is 32.6 Å². The van der Waals surface area contributed by atoms with Gasteiger partial charge in [-0.25, -0.2) is 0 Å². The number of hydrogen-bond acceptors (Lipinski definition) is 3. The van der Waals surface area contributed by atoms with Gasteiger partial charge in [0, 0.05) is 30.2 Å². The number of piperidine rings is 1. The van der Waals surface area contributed by atoms with Crippen molar-refractivity contribution in [1.82, 2.24) is 9.80 Å². The van der Waals surface area contributed by atoms with Crippen LogP contribution in [0.1, 0.15) is 24.8 Å². The van der Waals surface area contributed by atoms with E-state index in [2.05, 4.69) is 57.0 Å². The first kappa shape index (κ1) is 16.0. The number of rotatable bonds is 6. The van der Waals surface area contributed by atoms with E-state index < -0.39 is 0 Å². The van der Waals surface area contributed by atoms with Crippen LogP contribution in [0.4, 0.5) is 0 Å². The number of halogens is 1. The van der Waals surface area contributed by atoms with E-state index in [1.807, 2.05) is 0 Å². The Balaban J connectivity index is 1.78. The molecule has 1 aliphatic heterocycles. The number of aliphatic hydroxyl groups excluding tert-OH is 1. The number of hydrogen-bond donors (Lipinski definition) is 1. The van der Waals surface area contributed by atoms with Gasteiger partial charge in [0.2, 0.25) is 0 Å². The van der Waals surface area contributed by atoms with Crippen LogP contribution in [0.2, 0.25) is 0 Å². The fraction of sp³-hybridized carbons (Fsp3) is 0.625. The average Bonchev–Trinajstić information content (AvgIpc) is 2.48. The standard InChI is InChI=1S/C16H25BrN2O/c1-18(9-4-12-20)15-7-10-19(11-8-15)13-14-5-2-3-6-16(14)17/h2-3,5-6,15,20H,4,7-13H2,1H3. The van der Waals surface area contributed by atoms with Gasteiger partial charge in [-0.05, 0) is 51.0 Å².